The fourth-order valence-corrected chi connectivity index (χ4v) is 0.637. The van der Waals surface area contributed by atoms with Crippen molar-refractivity contribution in [3.63, 3.8) is 0 Å². The van der Waals surface area contributed by atoms with Crippen LogP contribution in [-0.4, -0.2) is 0 Å². The molecule has 51 valence electrons. The van der Waals surface area contributed by atoms with Crippen LogP contribution in [0.2, 0.25) is 0 Å². The average Bonchev–Trinajstić information content (AvgIpc) is 1.80. The van der Waals surface area contributed by atoms with Crippen LogP contribution >= 0.6 is 0 Å². The van der Waals surface area contributed by atoms with Crippen molar-refractivity contribution in [2.45, 2.75) is 13.8 Å². The Morgan fingerprint density at radius 3 is 2.30 bits per heavy atom. The summed E-state index contributed by atoms with van der Waals surface area (Å²) in [6.07, 6.45) is 0. The summed E-state index contributed by atoms with van der Waals surface area (Å²) in [7, 11) is 0. The first kappa shape index (κ1) is 10.3. The molecular formula is C8H8FY-. The predicted octanol–water partition coefficient (Wildman–Crippen LogP) is 2.24. The molecule has 0 N–H and O–H groups in total. The molecule has 0 heterocycles. The summed E-state index contributed by atoms with van der Waals surface area (Å²) >= 11 is 0. The molecule has 0 amide bonds. The Balaban J connectivity index is 0.000000810. The van der Waals surface area contributed by atoms with Crippen LogP contribution in [0.3, 0.4) is 0 Å². The summed E-state index contributed by atoms with van der Waals surface area (Å²) in [5.41, 5.74) is 1.50. The number of aryl methyl sites for hydroxylation is 2. The van der Waals surface area contributed by atoms with E-state index >= 15 is 0 Å². The smallest absolute Gasteiger partial charge is 0.0140 e. The van der Waals surface area contributed by atoms with Crippen molar-refractivity contribution in [3.05, 3.63) is 35.1 Å². The molecule has 0 aliphatic heterocycles. The van der Waals surface area contributed by atoms with Gasteiger partial charge in [0.2, 0.25) is 0 Å². The van der Waals surface area contributed by atoms with Gasteiger partial charge in [-0.3, -0.25) is 0 Å². The third-order valence-electron chi connectivity index (χ3n) is 1.24. The van der Waals surface area contributed by atoms with Gasteiger partial charge < -0.3 is 0 Å². The van der Waals surface area contributed by atoms with Crippen LogP contribution in [0.25, 0.3) is 0 Å². The van der Waals surface area contributed by atoms with Gasteiger partial charge in [-0.1, -0.05) is 13.8 Å². The molecule has 0 spiro atoms. The second-order valence-corrected chi connectivity index (χ2v) is 2.14. The number of benzene rings is 1. The normalized spacial score (nSPS) is 8.70. The van der Waals surface area contributed by atoms with Gasteiger partial charge in [-0.2, -0.15) is 17.7 Å². The van der Waals surface area contributed by atoms with Crippen LogP contribution in [0.1, 0.15) is 11.1 Å². The molecule has 10 heavy (non-hydrogen) atoms. The minimum absolute atomic E-state index is 0. The molecule has 0 unspecified atom stereocenters. The van der Waals surface area contributed by atoms with E-state index in [-0.39, 0.29) is 38.5 Å². The maximum Gasteiger partial charge on any atom is 0.0140 e. The molecule has 0 fully saturated rings. The van der Waals surface area contributed by atoms with Crippen LogP contribution < -0.4 is 0 Å². The molecule has 0 bridgehead atoms. The zero-order chi connectivity index (χ0) is 6.85. The Morgan fingerprint density at radius 2 is 1.90 bits per heavy atom. The first-order valence-electron chi connectivity index (χ1n) is 2.85. The van der Waals surface area contributed by atoms with E-state index in [9.17, 15) is 4.39 Å². The predicted molar refractivity (Wildman–Crippen MR) is 34.7 cm³/mol. The van der Waals surface area contributed by atoms with Crippen LogP contribution in [0.5, 0.6) is 0 Å². The molecule has 0 nitrogen and oxygen atoms in total. The zero-order valence-electron chi connectivity index (χ0n) is 6.11. The van der Waals surface area contributed by atoms with Gasteiger partial charge in [-0.25, -0.2) is 4.39 Å². The molecule has 0 saturated heterocycles. The molecule has 0 aliphatic carbocycles. The second-order valence-electron chi connectivity index (χ2n) is 2.14. The van der Waals surface area contributed by atoms with Gasteiger partial charge in [0.15, 0.2) is 0 Å². The van der Waals surface area contributed by atoms with Crippen molar-refractivity contribution in [3.8, 4) is 0 Å². The average molecular weight is 212 g/mol. The number of rotatable bonds is 0. The van der Waals surface area contributed by atoms with Crippen molar-refractivity contribution < 1.29 is 37.1 Å². The van der Waals surface area contributed by atoms with Crippen LogP contribution in [-0.2, 0) is 32.7 Å². The molecular weight excluding hydrogens is 204 g/mol. The topological polar surface area (TPSA) is 0 Å². The van der Waals surface area contributed by atoms with E-state index in [0.29, 0.717) is 5.56 Å². The quantitative estimate of drug-likeness (QED) is 0.578. The van der Waals surface area contributed by atoms with Gasteiger partial charge in [0.05, 0.1) is 0 Å². The van der Waals surface area contributed by atoms with E-state index in [2.05, 4.69) is 6.07 Å². The van der Waals surface area contributed by atoms with E-state index < -0.39 is 0 Å². The molecule has 1 aromatic carbocycles. The molecule has 1 radical (unpaired) electrons. The number of hydrogen-bond acceptors (Lipinski definition) is 0. The molecule has 0 aliphatic rings. The molecule has 2 heteroatoms. The van der Waals surface area contributed by atoms with Crippen molar-refractivity contribution >= 4 is 0 Å². The number of hydrogen-bond donors (Lipinski definition) is 0. The monoisotopic (exact) mass is 212 g/mol. The van der Waals surface area contributed by atoms with E-state index in [1.807, 2.05) is 13.0 Å². The van der Waals surface area contributed by atoms with Gasteiger partial charge in [-0.15, -0.1) is 11.6 Å². The second kappa shape index (κ2) is 4.20. The molecule has 0 aromatic heterocycles. The van der Waals surface area contributed by atoms with E-state index in [4.69, 9.17) is 0 Å². The molecule has 1 aromatic rings. The van der Waals surface area contributed by atoms with E-state index in [0.717, 1.165) is 5.56 Å². The Bertz CT molecular complexity index is 220. The first-order chi connectivity index (χ1) is 4.20. The largest absolute Gasteiger partial charge is 0.236 e. The van der Waals surface area contributed by atoms with E-state index in [1.54, 1.807) is 13.0 Å². The zero-order valence-corrected chi connectivity index (χ0v) is 8.95. The van der Waals surface area contributed by atoms with Crippen molar-refractivity contribution in [2.75, 3.05) is 0 Å². The maximum absolute atomic E-state index is 12.5. The molecule has 1 rings (SSSR count). The minimum atomic E-state index is -0.241. The Hall–Kier alpha value is 0.254. The summed E-state index contributed by atoms with van der Waals surface area (Å²) < 4.78 is 12.5. The van der Waals surface area contributed by atoms with Gasteiger partial charge in [0.1, 0.15) is 0 Å². The third kappa shape index (κ3) is 2.47. The van der Waals surface area contributed by atoms with Crippen LogP contribution in [0.15, 0.2) is 12.1 Å². The number of halogens is 1. The molecule has 0 saturated carbocycles. The van der Waals surface area contributed by atoms with Gasteiger partial charge in [-0.05, 0) is 0 Å². The van der Waals surface area contributed by atoms with Crippen molar-refractivity contribution in [1.29, 1.82) is 0 Å². The Labute approximate surface area is 85.7 Å². The van der Waals surface area contributed by atoms with Gasteiger partial charge >= 0.3 is 0 Å². The fraction of sp³-hybridized carbons (Fsp3) is 0.250. The van der Waals surface area contributed by atoms with E-state index in [1.165, 1.54) is 0 Å². The summed E-state index contributed by atoms with van der Waals surface area (Å²) in [4.78, 5) is 0. The first-order valence-corrected chi connectivity index (χ1v) is 2.85. The van der Waals surface area contributed by atoms with Gasteiger partial charge in [0, 0.05) is 38.5 Å². The standard InChI is InChI=1S/C8H8F.Y/c1-6-3-4-7(2)8(9)5-6;/h3-4H,1-2H3;/q-1;. The maximum atomic E-state index is 12.5. The molecule has 0 atom stereocenters. The van der Waals surface area contributed by atoms with Crippen LogP contribution in [0, 0.1) is 25.7 Å². The van der Waals surface area contributed by atoms with Gasteiger partial charge in [0.25, 0.3) is 0 Å². The summed E-state index contributed by atoms with van der Waals surface area (Å²) in [6.45, 7) is 3.55. The van der Waals surface area contributed by atoms with Crippen molar-refractivity contribution in [1.82, 2.24) is 0 Å². The van der Waals surface area contributed by atoms with Crippen molar-refractivity contribution in [2.24, 2.45) is 0 Å². The van der Waals surface area contributed by atoms with Crippen LogP contribution in [0.4, 0.5) is 4.39 Å². The minimum Gasteiger partial charge on any atom is -0.236 e. The summed E-state index contributed by atoms with van der Waals surface area (Å²) in [6, 6.07) is 6.17. The Morgan fingerprint density at radius 1 is 1.30 bits per heavy atom. The third-order valence-corrected chi connectivity index (χ3v) is 1.24. The Kier molecular flexibility index (Phi) is 4.31. The summed E-state index contributed by atoms with van der Waals surface area (Å²) in [5, 5.41) is 0. The SMILES string of the molecule is Cc1[c-]c(F)c(C)cc1.[Y]. The fourth-order valence-electron chi connectivity index (χ4n) is 0.637. The summed E-state index contributed by atoms with van der Waals surface area (Å²) in [5.74, 6) is -0.241.